The molecule has 0 saturated carbocycles. The predicted octanol–water partition coefficient (Wildman–Crippen LogP) is 4.89. The van der Waals surface area contributed by atoms with Gasteiger partial charge in [-0.05, 0) is 54.1 Å². The fourth-order valence-corrected chi connectivity index (χ4v) is 3.55. The van der Waals surface area contributed by atoms with Crippen LogP contribution in [0.3, 0.4) is 0 Å². The lowest BCUT2D eigenvalue weighted by molar-refractivity contribution is -0.119. The molecule has 6 heteroatoms. The predicted molar refractivity (Wildman–Crippen MR) is 114 cm³/mol. The molecule has 146 valence electrons. The van der Waals surface area contributed by atoms with Gasteiger partial charge in [0.25, 0.3) is 0 Å². The number of aromatic nitrogens is 2. The molecule has 0 aliphatic rings. The first-order chi connectivity index (χ1) is 14.1. The second-order valence-electron chi connectivity index (χ2n) is 6.69. The summed E-state index contributed by atoms with van der Waals surface area (Å²) in [7, 11) is 1.64. The lowest BCUT2D eigenvalue weighted by Crippen LogP contribution is -2.28. The summed E-state index contributed by atoms with van der Waals surface area (Å²) in [6.07, 6.45) is 1.95. The van der Waals surface area contributed by atoms with Crippen LogP contribution in [0.4, 0.5) is 0 Å². The summed E-state index contributed by atoms with van der Waals surface area (Å²) in [5.74, 6) is 0.645. The molecule has 4 rings (SSSR count). The standard InChI is InChI=1S/C23H20ClN3O2/c1-15(28)25-21(16-6-10-18(24)11-7-16)23-22(17-8-12-19(29-2)13-9-17)26-20-5-3-4-14-27(20)23/h3-14,21H,1-2H3,(H,25,28). The monoisotopic (exact) mass is 405 g/mol. The normalized spacial score (nSPS) is 12.0. The van der Waals surface area contributed by atoms with E-state index in [1.54, 1.807) is 7.11 Å². The topological polar surface area (TPSA) is 55.6 Å². The van der Waals surface area contributed by atoms with Crippen LogP contribution in [-0.4, -0.2) is 22.4 Å². The molecule has 0 radical (unpaired) electrons. The molecular formula is C23H20ClN3O2. The number of benzene rings is 2. The van der Waals surface area contributed by atoms with E-state index in [-0.39, 0.29) is 11.9 Å². The van der Waals surface area contributed by atoms with Crippen LogP contribution < -0.4 is 10.1 Å². The number of methoxy groups -OCH3 is 1. The first-order valence-corrected chi connectivity index (χ1v) is 9.58. The quantitative estimate of drug-likeness (QED) is 0.514. The molecule has 4 aromatic rings. The van der Waals surface area contributed by atoms with Crippen molar-refractivity contribution in [1.29, 1.82) is 0 Å². The summed E-state index contributed by atoms with van der Waals surface area (Å²) in [4.78, 5) is 16.9. The Morgan fingerprint density at radius 1 is 1.07 bits per heavy atom. The van der Waals surface area contributed by atoms with Crippen molar-refractivity contribution in [3.05, 3.63) is 89.2 Å². The van der Waals surface area contributed by atoms with Crippen molar-refractivity contribution in [2.24, 2.45) is 0 Å². The van der Waals surface area contributed by atoms with E-state index in [4.69, 9.17) is 21.3 Å². The van der Waals surface area contributed by atoms with Gasteiger partial charge in [-0.1, -0.05) is 29.8 Å². The smallest absolute Gasteiger partial charge is 0.217 e. The molecule has 1 N–H and O–H groups in total. The summed E-state index contributed by atoms with van der Waals surface area (Å²) in [6, 6.07) is 20.7. The van der Waals surface area contributed by atoms with Crippen molar-refractivity contribution in [3.63, 3.8) is 0 Å². The summed E-state index contributed by atoms with van der Waals surface area (Å²) >= 11 is 6.08. The number of halogens is 1. The average Bonchev–Trinajstić information content (AvgIpc) is 3.12. The SMILES string of the molecule is COc1ccc(-c2nc3ccccn3c2C(NC(C)=O)c2ccc(Cl)cc2)cc1. The third kappa shape index (κ3) is 3.82. The molecule has 0 fully saturated rings. The van der Waals surface area contributed by atoms with Gasteiger partial charge in [-0.3, -0.25) is 4.79 Å². The first-order valence-electron chi connectivity index (χ1n) is 9.21. The first kappa shape index (κ1) is 19.0. The van der Waals surface area contributed by atoms with Gasteiger partial charge >= 0.3 is 0 Å². The molecule has 2 heterocycles. The average molecular weight is 406 g/mol. The Morgan fingerprint density at radius 3 is 2.45 bits per heavy atom. The maximum Gasteiger partial charge on any atom is 0.217 e. The second kappa shape index (κ2) is 7.97. The van der Waals surface area contributed by atoms with Crippen LogP contribution in [0.5, 0.6) is 5.75 Å². The second-order valence-corrected chi connectivity index (χ2v) is 7.12. The zero-order valence-electron chi connectivity index (χ0n) is 16.1. The highest BCUT2D eigenvalue weighted by atomic mass is 35.5. The maximum absolute atomic E-state index is 12.1. The van der Waals surface area contributed by atoms with Crippen LogP contribution in [0.1, 0.15) is 24.2 Å². The number of nitrogens with one attached hydrogen (secondary N) is 1. The zero-order chi connectivity index (χ0) is 20.4. The Kier molecular flexibility index (Phi) is 5.23. The fourth-order valence-electron chi connectivity index (χ4n) is 3.42. The number of carbonyl (C=O) groups is 1. The number of rotatable bonds is 5. The Hall–Kier alpha value is -3.31. The molecule has 2 aromatic heterocycles. The van der Waals surface area contributed by atoms with Crippen molar-refractivity contribution >= 4 is 23.2 Å². The molecular weight excluding hydrogens is 386 g/mol. The molecule has 0 aliphatic carbocycles. The Bertz CT molecular complexity index is 1150. The summed E-state index contributed by atoms with van der Waals surface area (Å²) in [5.41, 5.74) is 4.34. The van der Waals surface area contributed by atoms with Crippen molar-refractivity contribution < 1.29 is 9.53 Å². The van der Waals surface area contributed by atoms with Gasteiger partial charge in [0.15, 0.2) is 0 Å². The molecule has 5 nitrogen and oxygen atoms in total. The van der Waals surface area contributed by atoms with Gasteiger partial charge in [0.2, 0.25) is 5.91 Å². The minimum absolute atomic E-state index is 0.128. The van der Waals surface area contributed by atoms with Gasteiger partial charge in [0.1, 0.15) is 11.4 Å². The van der Waals surface area contributed by atoms with Crippen LogP contribution in [-0.2, 0) is 4.79 Å². The maximum atomic E-state index is 12.1. The van der Waals surface area contributed by atoms with Gasteiger partial charge < -0.3 is 14.5 Å². The molecule has 29 heavy (non-hydrogen) atoms. The number of amides is 1. The largest absolute Gasteiger partial charge is 0.497 e. The lowest BCUT2D eigenvalue weighted by Gasteiger charge is -2.20. The van der Waals surface area contributed by atoms with Gasteiger partial charge in [-0.2, -0.15) is 0 Å². The summed E-state index contributed by atoms with van der Waals surface area (Å²) in [6.45, 7) is 1.51. The Morgan fingerprint density at radius 2 is 1.79 bits per heavy atom. The number of carbonyl (C=O) groups excluding carboxylic acids is 1. The molecule has 0 spiro atoms. The highest BCUT2D eigenvalue weighted by Gasteiger charge is 2.25. The van der Waals surface area contributed by atoms with Crippen molar-refractivity contribution in [3.8, 4) is 17.0 Å². The van der Waals surface area contributed by atoms with Crippen LogP contribution in [0.25, 0.3) is 16.9 Å². The van der Waals surface area contributed by atoms with Gasteiger partial charge in [-0.25, -0.2) is 4.98 Å². The number of hydrogen-bond acceptors (Lipinski definition) is 3. The van der Waals surface area contributed by atoms with E-state index in [2.05, 4.69) is 5.32 Å². The molecule has 1 amide bonds. The van der Waals surface area contributed by atoms with Gasteiger partial charge in [0.05, 0.1) is 24.5 Å². The van der Waals surface area contributed by atoms with Crippen LogP contribution in [0, 0.1) is 0 Å². The van der Waals surface area contributed by atoms with E-state index >= 15 is 0 Å². The number of pyridine rings is 1. The molecule has 1 atom stereocenters. The van der Waals surface area contributed by atoms with E-state index in [0.29, 0.717) is 5.02 Å². The molecule has 0 saturated heterocycles. The van der Waals surface area contributed by atoms with Gasteiger partial charge in [0, 0.05) is 23.7 Å². The van der Waals surface area contributed by atoms with Crippen molar-refractivity contribution in [1.82, 2.24) is 14.7 Å². The third-order valence-electron chi connectivity index (χ3n) is 4.75. The number of nitrogens with zero attached hydrogens (tertiary/aromatic N) is 2. The Balaban J connectivity index is 1.95. The number of fused-ring (bicyclic) bond motifs is 1. The number of hydrogen-bond donors (Lipinski definition) is 1. The number of ether oxygens (including phenoxy) is 1. The molecule has 0 bridgehead atoms. The Labute approximate surface area is 173 Å². The van der Waals surface area contributed by atoms with Crippen LogP contribution >= 0.6 is 11.6 Å². The van der Waals surface area contributed by atoms with E-state index in [1.807, 2.05) is 77.3 Å². The van der Waals surface area contributed by atoms with Crippen molar-refractivity contribution in [2.45, 2.75) is 13.0 Å². The highest BCUT2D eigenvalue weighted by Crippen LogP contribution is 2.33. The third-order valence-corrected chi connectivity index (χ3v) is 5.01. The van der Waals surface area contributed by atoms with Crippen LogP contribution in [0.15, 0.2) is 72.9 Å². The molecule has 0 aliphatic heterocycles. The number of imidazole rings is 1. The van der Waals surface area contributed by atoms with E-state index in [9.17, 15) is 4.79 Å². The van der Waals surface area contributed by atoms with Crippen LogP contribution in [0.2, 0.25) is 5.02 Å². The minimum atomic E-state index is -0.390. The van der Waals surface area contributed by atoms with Crippen molar-refractivity contribution in [2.75, 3.05) is 7.11 Å². The summed E-state index contributed by atoms with van der Waals surface area (Å²) in [5, 5.41) is 3.72. The minimum Gasteiger partial charge on any atom is -0.497 e. The summed E-state index contributed by atoms with van der Waals surface area (Å²) < 4.78 is 7.29. The highest BCUT2D eigenvalue weighted by molar-refractivity contribution is 6.30. The fraction of sp³-hybridized carbons (Fsp3) is 0.130. The van der Waals surface area contributed by atoms with E-state index in [0.717, 1.165) is 33.9 Å². The molecule has 2 aromatic carbocycles. The zero-order valence-corrected chi connectivity index (χ0v) is 16.9. The van der Waals surface area contributed by atoms with Gasteiger partial charge in [-0.15, -0.1) is 0 Å². The van der Waals surface area contributed by atoms with E-state index in [1.165, 1.54) is 6.92 Å². The molecule has 1 unspecified atom stereocenters. The lowest BCUT2D eigenvalue weighted by atomic mass is 9.99. The van der Waals surface area contributed by atoms with E-state index < -0.39 is 0 Å².